The number of rotatable bonds is 1. The van der Waals surface area contributed by atoms with Crippen LogP contribution in [0.5, 0.6) is 5.75 Å². The summed E-state index contributed by atoms with van der Waals surface area (Å²) < 4.78 is 5.34. The van der Waals surface area contributed by atoms with Gasteiger partial charge in [-0.3, -0.25) is 0 Å². The Labute approximate surface area is 113 Å². The third-order valence-electron chi connectivity index (χ3n) is 3.83. The molecule has 1 heterocycles. The fraction of sp³-hybridized carbons (Fsp3) is 0.200. The van der Waals surface area contributed by atoms with Crippen LogP contribution in [0.1, 0.15) is 0 Å². The van der Waals surface area contributed by atoms with E-state index in [9.17, 15) is 0 Å². The molecule has 0 fully saturated rings. The molecule has 92 valence electrons. The maximum Gasteiger partial charge on any atom is 0.119 e. The molecule has 0 aliphatic carbocycles. The molecule has 0 unspecified atom stereocenters. The number of ether oxygens (including phenoxy) is 1. The molecule has 3 heteroatoms. The predicted octanol–water partition coefficient (Wildman–Crippen LogP) is 3.15. The van der Waals surface area contributed by atoms with Gasteiger partial charge >= 0.3 is 0 Å². The van der Waals surface area contributed by atoms with Crippen LogP contribution < -0.4 is 15.1 Å². The predicted molar refractivity (Wildman–Crippen MR) is 80.2 cm³/mol. The summed E-state index contributed by atoms with van der Waals surface area (Å²) in [5.41, 5.74) is 2.58. The summed E-state index contributed by atoms with van der Waals surface area (Å²) in [7, 11) is 0.0573. The Morgan fingerprint density at radius 1 is 1.06 bits per heavy atom. The number of fused-ring (bicyclic) bond motifs is 3. The average molecular weight is 275 g/mol. The maximum atomic E-state index is 6.42. The van der Waals surface area contributed by atoms with Crippen LogP contribution in [0.15, 0.2) is 36.4 Å². The first-order valence-electron chi connectivity index (χ1n) is 6.03. The van der Waals surface area contributed by atoms with Gasteiger partial charge < -0.3 is 4.74 Å². The van der Waals surface area contributed by atoms with Gasteiger partial charge in [0, 0.05) is 5.02 Å². The van der Waals surface area contributed by atoms with Crippen molar-refractivity contribution in [2.75, 3.05) is 7.11 Å². The maximum absolute atomic E-state index is 6.42. The van der Waals surface area contributed by atoms with Crippen LogP contribution in [-0.4, -0.2) is 15.2 Å². The SMILES string of the molecule is COc1ccc2c(c1)-c1cccc(Cl)c1[Si]2(C)C. The number of methoxy groups -OCH3 is 1. The van der Waals surface area contributed by atoms with E-state index in [4.69, 9.17) is 16.3 Å². The highest BCUT2D eigenvalue weighted by Gasteiger charge is 2.39. The van der Waals surface area contributed by atoms with Gasteiger partial charge in [-0.1, -0.05) is 42.9 Å². The zero-order valence-electron chi connectivity index (χ0n) is 10.8. The number of hydrogen-bond donors (Lipinski definition) is 0. The molecule has 0 aromatic heterocycles. The van der Waals surface area contributed by atoms with E-state index in [0.29, 0.717) is 0 Å². The first kappa shape index (κ1) is 11.8. The van der Waals surface area contributed by atoms with Crippen molar-refractivity contribution in [1.82, 2.24) is 0 Å². The van der Waals surface area contributed by atoms with Gasteiger partial charge in [0.25, 0.3) is 0 Å². The Morgan fingerprint density at radius 3 is 2.56 bits per heavy atom. The molecule has 0 spiro atoms. The molecule has 3 rings (SSSR count). The highest BCUT2D eigenvalue weighted by molar-refractivity contribution is 7.04. The zero-order valence-corrected chi connectivity index (χ0v) is 12.5. The van der Waals surface area contributed by atoms with Crippen molar-refractivity contribution in [2.24, 2.45) is 0 Å². The summed E-state index contributed by atoms with van der Waals surface area (Å²) in [6.45, 7) is 4.71. The van der Waals surface area contributed by atoms with Gasteiger partial charge in [0.2, 0.25) is 0 Å². The van der Waals surface area contributed by atoms with Gasteiger partial charge in [-0.05, 0) is 39.7 Å². The smallest absolute Gasteiger partial charge is 0.119 e. The fourth-order valence-electron chi connectivity index (χ4n) is 2.94. The lowest BCUT2D eigenvalue weighted by Gasteiger charge is -2.19. The second-order valence-corrected chi connectivity index (χ2v) is 9.89. The molecule has 0 amide bonds. The molecule has 1 nitrogen and oxygen atoms in total. The third kappa shape index (κ3) is 1.46. The van der Waals surface area contributed by atoms with Gasteiger partial charge in [-0.15, -0.1) is 0 Å². The Kier molecular flexibility index (Phi) is 2.54. The third-order valence-corrected chi connectivity index (χ3v) is 7.87. The highest BCUT2D eigenvalue weighted by atomic mass is 35.5. The standard InChI is InChI=1S/C15H15ClOSi/c1-17-10-7-8-14-12(9-10)11-5-4-6-13(16)15(11)18(14,2)3/h4-9H,1-3H3. The van der Waals surface area contributed by atoms with Crippen LogP contribution in [0.3, 0.4) is 0 Å². The summed E-state index contributed by atoms with van der Waals surface area (Å²) in [5.74, 6) is 0.909. The average Bonchev–Trinajstić information content (AvgIpc) is 2.59. The molecule has 1 aliphatic rings. The summed E-state index contributed by atoms with van der Waals surface area (Å²) in [4.78, 5) is 0. The number of benzene rings is 2. The molecule has 0 atom stereocenters. The van der Waals surface area contributed by atoms with Gasteiger partial charge in [-0.25, -0.2) is 0 Å². The van der Waals surface area contributed by atoms with Crippen molar-refractivity contribution in [3.05, 3.63) is 41.4 Å². The van der Waals surface area contributed by atoms with E-state index in [1.54, 1.807) is 7.11 Å². The molecule has 0 saturated carbocycles. The molecule has 2 aromatic rings. The van der Waals surface area contributed by atoms with Crippen molar-refractivity contribution in [3.8, 4) is 16.9 Å². The molecule has 0 N–H and O–H groups in total. The minimum Gasteiger partial charge on any atom is -0.497 e. The van der Waals surface area contributed by atoms with Crippen molar-refractivity contribution < 1.29 is 4.74 Å². The van der Waals surface area contributed by atoms with E-state index in [1.165, 1.54) is 21.5 Å². The Morgan fingerprint density at radius 2 is 1.83 bits per heavy atom. The Bertz CT molecular complexity index is 634. The van der Waals surface area contributed by atoms with Crippen LogP contribution in [0.2, 0.25) is 18.1 Å². The lowest BCUT2D eigenvalue weighted by Crippen LogP contribution is -2.49. The first-order valence-corrected chi connectivity index (χ1v) is 9.41. The van der Waals surface area contributed by atoms with Crippen LogP contribution in [0.25, 0.3) is 11.1 Å². The summed E-state index contributed by atoms with van der Waals surface area (Å²) >= 11 is 6.42. The zero-order chi connectivity index (χ0) is 12.9. The molecular weight excluding hydrogens is 260 g/mol. The Balaban J connectivity index is 2.36. The minimum atomic E-state index is -1.65. The van der Waals surface area contributed by atoms with Crippen LogP contribution in [0.4, 0.5) is 0 Å². The first-order chi connectivity index (χ1) is 8.55. The highest BCUT2D eigenvalue weighted by Crippen LogP contribution is 2.33. The van der Waals surface area contributed by atoms with E-state index in [-0.39, 0.29) is 0 Å². The van der Waals surface area contributed by atoms with Crippen molar-refractivity contribution in [1.29, 1.82) is 0 Å². The van der Waals surface area contributed by atoms with Crippen molar-refractivity contribution >= 4 is 30.0 Å². The lowest BCUT2D eigenvalue weighted by atomic mass is 10.1. The lowest BCUT2D eigenvalue weighted by molar-refractivity contribution is 0.415. The van der Waals surface area contributed by atoms with E-state index in [2.05, 4.69) is 31.3 Å². The van der Waals surface area contributed by atoms with E-state index < -0.39 is 8.07 Å². The second kappa shape index (κ2) is 3.87. The number of halogens is 1. The van der Waals surface area contributed by atoms with E-state index in [1.807, 2.05) is 18.2 Å². The molecule has 0 radical (unpaired) electrons. The molecule has 1 aliphatic heterocycles. The van der Waals surface area contributed by atoms with Gasteiger partial charge in [0.1, 0.15) is 13.8 Å². The van der Waals surface area contributed by atoms with Crippen LogP contribution in [-0.2, 0) is 0 Å². The normalized spacial score (nSPS) is 15.1. The summed E-state index contributed by atoms with van der Waals surface area (Å²) in [6.07, 6.45) is 0. The molecular formula is C15H15ClOSi. The molecule has 0 bridgehead atoms. The monoisotopic (exact) mass is 274 g/mol. The van der Waals surface area contributed by atoms with Gasteiger partial charge in [-0.2, -0.15) is 0 Å². The second-order valence-electron chi connectivity index (χ2n) is 5.20. The Hall–Kier alpha value is -1.25. The van der Waals surface area contributed by atoms with Crippen molar-refractivity contribution in [3.63, 3.8) is 0 Å². The van der Waals surface area contributed by atoms with E-state index in [0.717, 1.165) is 10.8 Å². The van der Waals surface area contributed by atoms with Crippen LogP contribution >= 0.6 is 11.6 Å². The van der Waals surface area contributed by atoms with Gasteiger partial charge in [0.05, 0.1) is 7.11 Å². The largest absolute Gasteiger partial charge is 0.497 e. The molecule has 2 aromatic carbocycles. The summed E-state index contributed by atoms with van der Waals surface area (Å²) in [6, 6.07) is 12.6. The topological polar surface area (TPSA) is 9.23 Å². The number of hydrogen-bond acceptors (Lipinski definition) is 1. The minimum absolute atomic E-state index is 0.902. The van der Waals surface area contributed by atoms with Gasteiger partial charge in [0.15, 0.2) is 0 Å². The van der Waals surface area contributed by atoms with E-state index >= 15 is 0 Å². The van der Waals surface area contributed by atoms with Crippen LogP contribution in [0, 0.1) is 0 Å². The molecule has 18 heavy (non-hydrogen) atoms. The quantitative estimate of drug-likeness (QED) is 0.726. The fourth-order valence-corrected chi connectivity index (χ4v) is 7.04. The summed E-state index contributed by atoms with van der Waals surface area (Å²) in [5, 5.41) is 3.71. The molecule has 0 saturated heterocycles. The van der Waals surface area contributed by atoms with Crippen molar-refractivity contribution in [2.45, 2.75) is 13.1 Å².